The molecule has 0 unspecified atom stereocenters. The molecule has 0 spiro atoms. The van der Waals surface area contributed by atoms with E-state index in [-0.39, 0.29) is 16.8 Å². The van der Waals surface area contributed by atoms with Crippen molar-refractivity contribution in [3.8, 4) is 22.7 Å². The van der Waals surface area contributed by atoms with Crippen LogP contribution in [0.15, 0.2) is 114 Å². The average molecular weight is 431 g/mol. The van der Waals surface area contributed by atoms with E-state index >= 15 is 0 Å². The predicted molar refractivity (Wildman–Crippen MR) is 131 cm³/mol. The molecule has 5 rings (SSSR count). The number of carbonyl (C=O) groups excluding carboxylic acids is 1. The van der Waals surface area contributed by atoms with E-state index in [1.807, 2.05) is 83.4 Å². The lowest BCUT2D eigenvalue weighted by atomic mass is 9.94. The molecule has 0 N–H and O–H groups in total. The maximum absolute atomic E-state index is 13.8. The number of para-hydroxylation sites is 2. The second kappa shape index (κ2) is 8.60. The van der Waals surface area contributed by atoms with Gasteiger partial charge in [-0.1, -0.05) is 60.7 Å². The molecule has 4 aromatic carbocycles. The summed E-state index contributed by atoms with van der Waals surface area (Å²) in [6.07, 6.45) is 0. The Labute approximate surface area is 191 Å². The summed E-state index contributed by atoms with van der Waals surface area (Å²) in [5, 5.41) is 0.498. The monoisotopic (exact) mass is 431 g/mol. The molecule has 4 nitrogen and oxygen atoms in total. The number of fused-ring (bicyclic) bond motifs is 1. The van der Waals surface area contributed by atoms with Gasteiger partial charge in [0.25, 0.3) is 0 Å². The zero-order valence-corrected chi connectivity index (χ0v) is 18.1. The number of hydrogen-bond acceptors (Lipinski definition) is 3. The lowest BCUT2D eigenvalue weighted by molar-refractivity contribution is 0.103. The molecular weight excluding hydrogens is 410 g/mol. The summed E-state index contributed by atoms with van der Waals surface area (Å²) in [4.78, 5) is 27.6. The molecule has 0 aliphatic heterocycles. The molecule has 5 aromatic rings. The first-order valence-electron chi connectivity index (χ1n) is 10.7. The first-order chi connectivity index (χ1) is 16.2. The molecule has 4 heteroatoms. The van der Waals surface area contributed by atoms with Crippen LogP contribution in [-0.4, -0.2) is 17.5 Å². The zero-order valence-electron chi connectivity index (χ0n) is 18.1. The number of pyridine rings is 1. The SMILES string of the molecule is COc1ccc(C(=O)c2c(-c3ccccc3)n(-c3ccccc3)c3ccccc3c2=O)cc1. The Morgan fingerprint density at radius 2 is 1.33 bits per heavy atom. The Morgan fingerprint density at radius 1 is 0.727 bits per heavy atom. The summed E-state index contributed by atoms with van der Waals surface area (Å²) in [6.45, 7) is 0. The van der Waals surface area contributed by atoms with Gasteiger partial charge in [-0.2, -0.15) is 0 Å². The highest BCUT2D eigenvalue weighted by atomic mass is 16.5. The molecule has 0 radical (unpaired) electrons. The molecule has 0 atom stereocenters. The van der Waals surface area contributed by atoms with Crippen LogP contribution in [0, 0.1) is 0 Å². The van der Waals surface area contributed by atoms with E-state index in [2.05, 4.69) is 0 Å². The maximum atomic E-state index is 13.8. The average Bonchev–Trinajstić information content (AvgIpc) is 2.89. The number of ketones is 1. The highest BCUT2D eigenvalue weighted by Crippen LogP contribution is 2.31. The standard InChI is InChI=1S/C29H21NO3/c1-33-23-18-16-21(17-19-23)28(31)26-27(20-10-4-2-5-11-20)30(22-12-6-3-7-13-22)25-15-9-8-14-24(25)29(26)32/h2-19H,1H3. The van der Waals surface area contributed by atoms with E-state index in [1.165, 1.54) is 0 Å². The number of benzene rings is 4. The van der Waals surface area contributed by atoms with Crippen LogP contribution in [0.25, 0.3) is 27.8 Å². The summed E-state index contributed by atoms with van der Waals surface area (Å²) >= 11 is 0. The van der Waals surface area contributed by atoms with Crippen molar-refractivity contribution in [1.82, 2.24) is 4.57 Å². The lowest BCUT2D eigenvalue weighted by Crippen LogP contribution is -2.22. The minimum Gasteiger partial charge on any atom is -0.497 e. The van der Waals surface area contributed by atoms with Gasteiger partial charge in [-0.05, 0) is 54.1 Å². The van der Waals surface area contributed by atoms with Gasteiger partial charge in [0.1, 0.15) is 5.75 Å². The van der Waals surface area contributed by atoms with Crippen LogP contribution in [0.4, 0.5) is 0 Å². The molecule has 0 fully saturated rings. The van der Waals surface area contributed by atoms with E-state index in [9.17, 15) is 9.59 Å². The second-order valence-corrected chi connectivity index (χ2v) is 7.66. The second-order valence-electron chi connectivity index (χ2n) is 7.66. The maximum Gasteiger partial charge on any atom is 0.201 e. The molecule has 1 heterocycles. The Hall–Kier alpha value is -4.44. The minimum atomic E-state index is -0.322. The fourth-order valence-electron chi connectivity index (χ4n) is 4.15. The van der Waals surface area contributed by atoms with Gasteiger partial charge < -0.3 is 9.30 Å². The van der Waals surface area contributed by atoms with Crippen molar-refractivity contribution in [3.05, 3.63) is 131 Å². The van der Waals surface area contributed by atoms with Crippen molar-refractivity contribution in [1.29, 1.82) is 0 Å². The van der Waals surface area contributed by atoms with E-state index in [0.29, 0.717) is 22.4 Å². The number of nitrogens with zero attached hydrogens (tertiary/aromatic N) is 1. The van der Waals surface area contributed by atoms with Crippen molar-refractivity contribution >= 4 is 16.7 Å². The number of methoxy groups -OCH3 is 1. The Kier molecular flexibility index (Phi) is 5.33. The van der Waals surface area contributed by atoms with Gasteiger partial charge in [-0.15, -0.1) is 0 Å². The van der Waals surface area contributed by atoms with Gasteiger partial charge in [0, 0.05) is 16.6 Å². The van der Waals surface area contributed by atoms with Crippen LogP contribution >= 0.6 is 0 Å². The molecule has 0 aliphatic carbocycles. The molecule has 0 saturated carbocycles. The van der Waals surface area contributed by atoms with Gasteiger partial charge >= 0.3 is 0 Å². The summed E-state index contributed by atoms with van der Waals surface area (Å²) in [6, 6.07) is 33.6. The number of hydrogen-bond donors (Lipinski definition) is 0. The van der Waals surface area contributed by atoms with Crippen LogP contribution < -0.4 is 10.2 Å². The van der Waals surface area contributed by atoms with Crippen molar-refractivity contribution in [2.24, 2.45) is 0 Å². The van der Waals surface area contributed by atoms with E-state index in [1.54, 1.807) is 37.4 Å². The quantitative estimate of drug-likeness (QED) is 0.326. The van der Waals surface area contributed by atoms with Gasteiger partial charge in [-0.25, -0.2) is 0 Å². The van der Waals surface area contributed by atoms with Gasteiger partial charge in [-0.3, -0.25) is 9.59 Å². The number of carbonyl (C=O) groups is 1. The molecule has 0 saturated heterocycles. The van der Waals surface area contributed by atoms with Gasteiger partial charge in [0.15, 0.2) is 5.78 Å². The topological polar surface area (TPSA) is 48.3 Å². The van der Waals surface area contributed by atoms with E-state index < -0.39 is 0 Å². The number of rotatable bonds is 5. The van der Waals surface area contributed by atoms with E-state index in [0.717, 1.165) is 16.8 Å². The third kappa shape index (κ3) is 3.62. The summed E-state index contributed by atoms with van der Waals surface area (Å²) in [7, 11) is 1.58. The Morgan fingerprint density at radius 3 is 2.00 bits per heavy atom. The first kappa shape index (κ1) is 20.5. The lowest BCUT2D eigenvalue weighted by Gasteiger charge is -2.21. The molecule has 0 bridgehead atoms. The first-order valence-corrected chi connectivity index (χ1v) is 10.7. The minimum absolute atomic E-state index is 0.147. The third-order valence-corrected chi connectivity index (χ3v) is 5.72. The van der Waals surface area contributed by atoms with E-state index in [4.69, 9.17) is 4.74 Å². The number of aromatic nitrogens is 1. The van der Waals surface area contributed by atoms with Crippen LogP contribution in [0.3, 0.4) is 0 Å². The Bertz CT molecular complexity index is 1500. The molecular formula is C29H21NO3. The fourth-order valence-corrected chi connectivity index (χ4v) is 4.15. The molecule has 0 amide bonds. The number of ether oxygens (including phenoxy) is 1. The van der Waals surface area contributed by atoms with Gasteiger partial charge in [0.2, 0.25) is 5.43 Å². The van der Waals surface area contributed by atoms with Crippen molar-refractivity contribution in [2.45, 2.75) is 0 Å². The van der Waals surface area contributed by atoms with Crippen LogP contribution in [0.1, 0.15) is 15.9 Å². The Balaban J connectivity index is 1.92. The molecule has 33 heavy (non-hydrogen) atoms. The molecule has 160 valence electrons. The van der Waals surface area contributed by atoms with Crippen LogP contribution in [-0.2, 0) is 0 Å². The predicted octanol–water partition coefficient (Wildman–Crippen LogP) is 5.90. The van der Waals surface area contributed by atoms with Crippen molar-refractivity contribution in [2.75, 3.05) is 7.11 Å². The highest BCUT2D eigenvalue weighted by molar-refractivity contribution is 6.14. The third-order valence-electron chi connectivity index (χ3n) is 5.72. The largest absolute Gasteiger partial charge is 0.497 e. The highest BCUT2D eigenvalue weighted by Gasteiger charge is 2.25. The molecule has 1 aromatic heterocycles. The smallest absolute Gasteiger partial charge is 0.201 e. The van der Waals surface area contributed by atoms with Crippen LogP contribution in [0.5, 0.6) is 5.75 Å². The summed E-state index contributed by atoms with van der Waals surface area (Å²) < 4.78 is 7.23. The zero-order chi connectivity index (χ0) is 22.8. The molecule has 0 aliphatic rings. The van der Waals surface area contributed by atoms with Crippen LogP contribution in [0.2, 0.25) is 0 Å². The van der Waals surface area contributed by atoms with Gasteiger partial charge in [0.05, 0.1) is 23.9 Å². The normalized spacial score (nSPS) is 10.8. The summed E-state index contributed by atoms with van der Waals surface area (Å²) in [5.74, 6) is 0.326. The van der Waals surface area contributed by atoms with Crippen molar-refractivity contribution in [3.63, 3.8) is 0 Å². The van der Waals surface area contributed by atoms with Crippen molar-refractivity contribution < 1.29 is 9.53 Å². The summed E-state index contributed by atoms with van der Waals surface area (Å²) in [5.41, 5.74) is 3.29. The fraction of sp³-hybridized carbons (Fsp3) is 0.0345.